The number of hydrogen-bond donors (Lipinski definition) is 1. The second-order valence-corrected chi connectivity index (χ2v) is 7.12. The second-order valence-electron chi connectivity index (χ2n) is 6.71. The van der Waals surface area contributed by atoms with Crippen LogP contribution in [0.4, 0.5) is 11.4 Å². The molecule has 1 N–H and O–H groups in total. The molecule has 6 heteroatoms. The third-order valence-corrected chi connectivity index (χ3v) is 5.06. The van der Waals surface area contributed by atoms with E-state index in [1.165, 1.54) is 0 Å². The molecular weight excluding hydrogens is 362 g/mol. The van der Waals surface area contributed by atoms with Crippen LogP contribution in [0.25, 0.3) is 0 Å². The van der Waals surface area contributed by atoms with Crippen LogP contribution >= 0.6 is 11.6 Å². The molecule has 2 aromatic carbocycles. The summed E-state index contributed by atoms with van der Waals surface area (Å²) in [4.78, 5) is 28.3. The minimum atomic E-state index is -0.158. The van der Waals surface area contributed by atoms with Crippen LogP contribution in [0.3, 0.4) is 0 Å². The summed E-state index contributed by atoms with van der Waals surface area (Å²) >= 11 is 6.47. The van der Waals surface area contributed by atoms with E-state index in [0.717, 1.165) is 24.3 Å². The molecule has 0 atom stereocenters. The van der Waals surface area contributed by atoms with E-state index in [2.05, 4.69) is 10.2 Å². The van der Waals surface area contributed by atoms with Crippen LogP contribution in [-0.4, -0.2) is 42.9 Å². The molecule has 0 aromatic heterocycles. The summed E-state index contributed by atoms with van der Waals surface area (Å²) in [6, 6.07) is 13.0. The fraction of sp³-hybridized carbons (Fsp3) is 0.333. The summed E-state index contributed by atoms with van der Waals surface area (Å²) < 4.78 is 0. The number of amides is 2. The highest BCUT2D eigenvalue weighted by molar-refractivity contribution is 6.33. The van der Waals surface area contributed by atoms with E-state index in [9.17, 15) is 9.59 Å². The molecular formula is C21H24ClN3O2. The fourth-order valence-corrected chi connectivity index (χ4v) is 3.55. The quantitative estimate of drug-likeness (QED) is 0.866. The zero-order chi connectivity index (χ0) is 19.4. The smallest absolute Gasteiger partial charge is 0.255 e. The monoisotopic (exact) mass is 385 g/mol. The number of carbonyl (C=O) groups is 2. The van der Waals surface area contributed by atoms with Crippen LogP contribution in [0.15, 0.2) is 42.5 Å². The van der Waals surface area contributed by atoms with Gasteiger partial charge in [-0.15, -0.1) is 0 Å². The largest absolute Gasteiger partial charge is 0.367 e. The van der Waals surface area contributed by atoms with Gasteiger partial charge in [-0.3, -0.25) is 9.59 Å². The molecule has 142 valence electrons. The van der Waals surface area contributed by atoms with Crippen molar-refractivity contribution in [3.63, 3.8) is 0 Å². The zero-order valence-electron chi connectivity index (χ0n) is 15.7. The standard InChI is InChI=1S/C21H24ClN3O2/c1-3-20(26)25-11-9-24(10-12-25)19-8-7-17(14-18(19)22)23-21(27)16-6-4-5-15(2)13-16/h4-8,13-14H,3,9-12H2,1-2H3,(H,23,27). The molecule has 0 unspecified atom stereocenters. The van der Waals surface area contributed by atoms with Gasteiger partial charge in [0.2, 0.25) is 5.91 Å². The number of aryl methyl sites for hydroxylation is 1. The normalized spacial score (nSPS) is 14.2. The van der Waals surface area contributed by atoms with E-state index in [1.54, 1.807) is 12.1 Å². The van der Waals surface area contributed by atoms with E-state index < -0.39 is 0 Å². The minimum Gasteiger partial charge on any atom is -0.367 e. The molecule has 0 spiro atoms. The van der Waals surface area contributed by atoms with E-state index in [4.69, 9.17) is 11.6 Å². The highest BCUT2D eigenvalue weighted by atomic mass is 35.5. The van der Waals surface area contributed by atoms with Gasteiger partial charge in [0.25, 0.3) is 5.91 Å². The molecule has 0 saturated carbocycles. The van der Waals surface area contributed by atoms with Crippen LogP contribution in [0.5, 0.6) is 0 Å². The van der Waals surface area contributed by atoms with Gasteiger partial charge in [-0.2, -0.15) is 0 Å². The lowest BCUT2D eigenvalue weighted by atomic mass is 10.1. The van der Waals surface area contributed by atoms with Gasteiger partial charge in [0.15, 0.2) is 0 Å². The maximum Gasteiger partial charge on any atom is 0.255 e. The van der Waals surface area contributed by atoms with E-state index in [0.29, 0.717) is 35.8 Å². The van der Waals surface area contributed by atoms with Gasteiger partial charge in [-0.1, -0.05) is 36.2 Å². The summed E-state index contributed by atoms with van der Waals surface area (Å²) in [7, 11) is 0. The SMILES string of the molecule is CCC(=O)N1CCN(c2ccc(NC(=O)c3cccc(C)c3)cc2Cl)CC1. The summed E-state index contributed by atoms with van der Waals surface area (Å²) in [5, 5.41) is 3.48. The Morgan fingerprint density at radius 2 is 1.81 bits per heavy atom. The Labute approximate surface area is 164 Å². The average Bonchev–Trinajstić information content (AvgIpc) is 2.67. The Balaban J connectivity index is 1.66. The van der Waals surface area contributed by atoms with Crippen LogP contribution in [0.2, 0.25) is 5.02 Å². The molecule has 1 saturated heterocycles. The molecule has 2 amide bonds. The van der Waals surface area contributed by atoms with Crippen molar-refractivity contribution in [1.82, 2.24) is 4.90 Å². The fourth-order valence-electron chi connectivity index (χ4n) is 3.25. The van der Waals surface area contributed by atoms with Crippen LogP contribution in [0, 0.1) is 6.92 Å². The minimum absolute atomic E-state index is 0.158. The molecule has 27 heavy (non-hydrogen) atoms. The summed E-state index contributed by atoms with van der Waals surface area (Å²) in [6.07, 6.45) is 0.538. The summed E-state index contributed by atoms with van der Waals surface area (Å²) in [5.41, 5.74) is 3.24. The van der Waals surface area contributed by atoms with Crippen molar-refractivity contribution in [3.8, 4) is 0 Å². The highest BCUT2D eigenvalue weighted by Gasteiger charge is 2.21. The number of piperazine rings is 1. The molecule has 3 rings (SSSR count). The first kappa shape index (κ1) is 19.2. The summed E-state index contributed by atoms with van der Waals surface area (Å²) in [5.74, 6) is 0.0316. The topological polar surface area (TPSA) is 52.7 Å². The van der Waals surface area contributed by atoms with Gasteiger partial charge in [0, 0.05) is 43.9 Å². The molecule has 5 nitrogen and oxygen atoms in total. The predicted octanol–water partition coefficient (Wildman–Crippen LogP) is 3.96. The van der Waals surface area contributed by atoms with Crippen molar-refractivity contribution in [1.29, 1.82) is 0 Å². The number of halogens is 1. The lowest BCUT2D eigenvalue weighted by Gasteiger charge is -2.36. The molecule has 1 fully saturated rings. The highest BCUT2D eigenvalue weighted by Crippen LogP contribution is 2.30. The number of anilines is 2. The van der Waals surface area contributed by atoms with Gasteiger partial charge in [0.05, 0.1) is 10.7 Å². The van der Waals surface area contributed by atoms with Gasteiger partial charge in [-0.25, -0.2) is 0 Å². The Morgan fingerprint density at radius 3 is 2.44 bits per heavy atom. The Morgan fingerprint density at radius 1 is 1.07 bits per heavy atom. The number of rotatable bonds is 4. The Kier molecular flexibility index (Phi) is 6.01. The first-order valence-corrected chi connectivity index (χ1v) is 9.56. The molecule has 0 bridgehead atoms. The first-order valence-electron chi connectivity index (χ1n) is 9.18. The van der Waals surface area contributed by atoms with Crippen molar-refractivity contribution >= 4 is 34.8 Å². The predicted molar refractivity (Wildman–Crippen MR) is 110 cm³/mol. The van der Waals surface area contributed by atoms with Gasteiger partial charge in [-0.05, 0) is 37.3 Å². The number of hydrogen-bond acceptors (Lipinski definition) is 3. The van der Waals surface area contributed by atoms with E-state index >= 15 is 0 Å². The zero-order valence-corrected chi connectivity index (χ0v) is 16.4. The van der Waals surface area contributed by atoms with Gasteiger partial charge >= 0.3 is 0 Å². The molecule has 1 heterocycles. The van der Waals surface area contributed by atoms with Crippen molar-refractivity contribution in [3.05, 3.63) is 58.6 Å². The van der Waals surface area contributed by atoms with Gasteiger partial charge < -0.3 is 15.1 Å². The maximum absolute atomic E-state index is 12.4. The molecule has 1 aliphatic rings. The Bertz CT molecular complexity index is 845. The van der Waals surface area contributed by atoms with Crippen molar-refractivity contribution in [2.75, 3.05) is 36.4 Å². The number of benzene rings is 2. The number of nitrogens with zero attached hydrogens (tertiary/aromatic N) is 2. The van der Waals surface area contributed by atoms with Crippen molar-refractivity contribution in [2.24, 2.45) is 0 Å². The molecule has 1 aliphatic heterocycles. The van der Waals surface area contributed by atoms with E-state index in [-0.39, 0.29) is 11.8 Å². The Hall–Kier alpha value is -2.53. The lowest BCUT2D eigenvalue weighted by molar-refractivity contribution is -0.131. The third kappa shape index (κ3) is 4.61. The number of carbonyl (C=O) groups excluding carboxylic acids is 2. The first-order chi connectivity index (χ1) is 13.0. The van der Waals surface area contributed by atoms with Gasteiger partial charge in [0.1, 0.15) is 0 Å². The van der Waals surface area contributed by atoms with Crippen LogP contribution in [0.1, 0.15) is 29.3 Å². The lowest BCUT2D eigenvalue weighted by Crippen LogP contribution is -2.48. The van der Waals surface area contributed by atoms with E-state index in [1.807, 2.05) is 49.1 Å². The van der Waals surface area contributed by atoms with Crippen LogP contribution < -0.4 is 10.2 Å². The number of nitrogens with one attached hydrogen (secondary N) is 1. The van der Waals surface area contributed by atoms with Crippen molar-refractivity contribution in [2.45, 2.75) is 20.3 Å². The summed E-state index contributed by atoms with van der Waals surface area (Å²) in [6.45, 7) is 6.75. The average molecular weight is 386 g/mol. The molecule has 2 aromatic rings. The van der Waals surface area contributed by atoms with Crippen LogP contribution in [-0.2, 0) is 4.79 Å². The third-order valence-electron chi connectivity index (χ3n) is 4.76. The molecule has 0 aliphatic carbocycles. The maximum atomic E-state index is 12.4. The van der Waals surface area contributed by atoms with Crippen molar-refractivity contribution < 1.29 is 9.59 Å². The molecule has 0 radical (unpaired) electrons. The second kappa shape index (κ2) is 8.44.